The van der Waals surface area contributed by atoms with Crippen molar-refractivity contribution >= 4 is 33.2 Å². The highest BCUT2D eigenvalue weighted by Crippen LogP contribution is 2.31. The minimum atomic E-state index is -0.781. The van der Waals surface area contributed by atoms with Crippen LogP contribution in [0.3, 0.4) is 0 Å². The van der Waals surface area contributed by atoms with Crippen molar-refractivity contribution in [3.63, 3.8) is 0 Å². The van der Waals surface area contributed by atoms with Crippen LogP contribution in [-0.4, -0.2) is 16.9 Å². The summed E-state index contributed by atoms with van der Waals surface area (Å²) in [5.41, 5.74) is 4.81. The number of hydrogen-bond acceptors (Lipinski definition) is 4. The van der Waals surface area contributed by atoms with Gasteiger partial charge in [0.05, 0.1) is 15.5 Å². The van der Waals surface area contributed by atoms with E-state index in [1.807, 2.05) is 0 Å². The molecule has 1 amide bonds. The zero-order valence-corrected chi connectivity index (χ0v) is 11.9. The largest absolute Gasteiger partial charge is 0.368 e. The highest BCUT2D eigenvalue weighted by Gasteiger charge is 2.24. The third-order valence-corrected chi connectivity index (χ3v) is 3.13. The molecular weight excluding hydrogens is 321 g/mol. The third kappa shape index (κ3) is 3.63. The molecule has 6 nitrogen and oxygen atoms in total. The van der Waals surface area contributed by atoms with Gasteiger partial charge in [0.25, 0.3) is 5.69 Å². The Hall–Kier alpha value is -1.70. The second-order valence-corrected chi connectivity index (χ2v) is 5.16. The Morgan fingerprint density at radius 3 is 2.53 bits per heavy atom. The van der Waals surface area contributed by atoms with Gasteiger partial charge in [-0.25, -0.2) is 4.39 Å². The highest BCUT2D eigenvalue weighted by atomic mass is 79.9. The second-order valence-electron chi connectivity index (χ2n) is 4.31. The minimum absolute atomic E-state index is 0.0378. The van der Waals surface area contributed by atoms with Crippen LogP contribution >= 0.6 is 15.9 Å². The summed E-state index contributed by atoms with van der Waals surface area (Å²) >= 11 is 2.94. The Morgan fingerprint density at radius 1 is 1.53 bits per heavy atom. The number of anilines is 1. The van der Waals surface area contributed by atoms with Crippen LogP contribution in [0.5, 0.6) is 0 Å². The van der Waals surface area contributed by atoms with Crippen LogP contribution in [-0.2, 0) is 4.79 Å². The maximum Gasteiger partial charge on any atom is 0.295 e. The molecule has 0 radical (unpaired) electrons. The lowest BCUT2D eigenvalue weighted by Crippen LogP contribution is -2.39. The zero-order chi connectivity index (χ0) is 14.7. The standard InChI is InChI=1S/C11H13BrFN3O3/c1-5(2)10(11(14)17)15-8-3-6(12)7(13)4-9(8)16(18)19/h3-5,10,15H,1-2H3,(H2,14,17). The predicted molar refractivity (Wildman–Crippen MR) is 72.2 cm³/mol. The summed E-state index contributed by atoms with van der Waals surface area (Å²) in [5.74, 6) is -1.55. The molecule has 8 heteroatoms. The average Bonchev–Trinajstić information content (AvgIpc) is 2.28. The number of carbonyl (C=O) groups is 1. The van der Waals surface area contributed by atoms with E-state index in [-0.39, 0.29) is 16.1 Å². The molecule has 104 valence electrons. The molecular formula is C11H13BrFN3O3. The number of nitrogens with one attached hydrogen (secondary N) is 1. The van der Waals surface area contributed by atoms with E-state index in [9.17, 15) is 19.3 Å². The van der Waals surface area contributed by atoms with Gasteiger partial charge < -0.3 is 11.1 Å². The van der Waals surface area contributed by atoms with Crippen molar-refractivity contribution in [2.24, 2.45) is 11.7 Å². The molecule has 1 aromatic rings. The zero-order valence-electron chi connectivity index (χ0n) is 10.3. The van der Waals surface area contributed by atoms with Gasteiger partial charge in [0.1, 0.15) is 17.5 Å². The van der Waals surface area contributed by atoms with Crippen LogP contribution < -0.4 is 11.1 Å². The number of carbonyl (C=O) groups excluding carboxylic acids is 1. The number of halogens is 2. The average molecular weight is 334 g/mol. The molecule has 0 fully saturated rings. The molecule has 1 unspecified atom stereocenters. The van der Waals surface area contributed by atoms with Crippen LogP contribution in [0.25, 0.3) is 0 Å². The van der Waals surface area contributed by atoms with Crippen molar-refractivity contribution in [1.82, 2.24) is 0 Å². The minimum Gasteiger partial charge on any atom is -0.368 e. The van der Waals surface area contributed by atoms with Gasteiger partial charge in [0.15, 0.2) is 0 Å². The van der Waals surface area contributed by atoms with E-state index in [0.717, 1.165) is 6.07 Å². The van der Waals surface area contributed by atoms with E-state index in [1.165, 1.54) is 6.07 Å². The van der Waals surface area contributed by atoms with Crippen molar-refractivity contribution in [1.29, 1.82) is 0 Å². The summed E-state index contributed by atoms with van der Waals surface area (Å²) in [7, 11) is 0. The molecule has 0 spiro atoms. The van der Waals surface area contributed by atoms with E-state index in [4.69, 9.17) is 5.73 Å². The normalized spacial score (nSPS) is 12.3. The number of nitro groups is 1. The third-order valence-electron chi connectivity index (χ3n) is 2.52. The van der Waals surface area contributed by atoms with E-state index < -0.39 is 28.4 Å². The topological polar surface area (TPSA) is 98.3 Å². The van der Waals surface area contributed by atoms with Crippen molar-refractivity contribution in [3.05, 3.63) is 32.5 Å². The van der Waals surface area contributed by atoms with Crippen LogP contribution in [0.15, 0.2) is 16.6 Å². The van der Waals surface area contributed by atoms with Crippen LogP contribution in [0, 0.1) is 21.8 Å². The van der Waals surface area contributed by atoms with Gasteiger partial charge in [-0.1, -0.05) is 13.8 Å². The van der Waals surface area contributed by atoms with Crippen molar-refractivity contribution in [2.45, 2.75) is 19.9 Å². The first-order chi connectivity index (χ1) is 8.73. The molecule has 1 atom stereocenters. The summed E-state index contributed by atoms with van der Waals surface area (Å²) in [6.07, 6.45) is 0. The molecule has 3 N–H and O–H groups in total. The number of nitro benzene ring substituents is 1. The van der Waals surface area contributed by atoms with Gasteiger partial charge in [-0.15, -0.1) is 0 Å². The Morgan fingerprint density at radius 2 is 2.11 bits per heavy atom. The van der Waals surface area contributed by atoms with Crippen molar-refractivity contribution in [2.75, 3.05) is 5.32 Å². The SMILES string of the molecule is CC(C)C(Nc1cc(Br)c(F)cc1[N+](=O)[O-])C(N)=O. The molecule has 1 rings (SSSR count). The molecule has 1 aromatic carbocycles. The fraction of sp³-hybridized carbons (Fsp3) is 0.364. The van der Waals surface area contributed by atoms with E-state index >= 15 is 0 Å². The number of amides is 1. The van der Waals surface area contributed by atoms with Gasteiger partial charge in [-0.2, -0.15) is 0 Å². The number of rotatable bonds is 5. The fourth-order valence-electron chi connectivity index (χ4n) is 1.54. The molecule has 0 bridgehead atoms. The number of nitrogens with two attached hydrogens (primary N) is 1. The van der Waals surface area contributed by atoms with Crippen LogP contribution in [0.4, 0.5) is 15.8 Å². The van der Waals surface area contributed by atoms with Gasteiger partial charge in [-0.05, 0) is 27.9 Å². The maximum absolute atomic E-state index is 13.3. The lowest BCUT2D eigenvalue weighted by Gasteiger charge is -2.20. The Bertz CT molecular complexity index is 522. The van der Waals surface area contributed by atoms with Gasteiger partial charge in [0.2, 0.25) is 5.91 Å². The quantitative estimate of drug-likeness (QED) is 0.638. The van der Waals surface area contributed by atoms with Crippen LogP contribution in [0.2, 0.25) is 0 Å². The summed E-state index contributed by atoms with van der Waals surface area (Å²) in [6.45, 7) is 3.49. The lowest BCUT2D eigenvalue weighted by atomic mass is 10.0. The summed E-state index contributed by atoms with van der Waals surface area (Å²) < 4.78 is 13.4. The number of benzene rings is 1. The first-order valence-electron chi connectivity index (χ1n) is 5.43. The highest BCUT2D eigenvalue weighted by molar-refractivity contribution is 9.10. The molecule has 0 saturated carbocycles. The van der Waals surface area contributed by atoms with E-state index in [0.29, 0.717) is 0 Å². The van der Waals surface area contributed by atoms with Gasteiger partial charge in [0, 0.05) is 0 Å². The number of hydrogen-bond donors (Lipinski definition) is 2. The molecule has 0 aromatic heterocycles. The maximum atomic E-state index is 13.3. The Kier molecular flexibility index (Phi) is 4.82. The first kappa shape index (κ1) is 15.4. The first-order valence-corrected chi connectivity index (χ1v) is 6.22. The lowest BCUT2D eigenvalue weighted by molar-refractivity contribution is -0.384. The smallest absolute Gasteiger partial charge is 0.295 e. The fourth-order valence-corrected chi connectivity index (χ4v) is 1.88. The molecule has 0 aliphatic rings. The molecule has 0 aliphatic carbocycles. The van der Waals surface area contributed by atoms with Crippen molar-refractivity contribution in [3.8, 4) is 0 Å². The monoisotopic (exact) mass is 333 g/mol. The van der Waals surface area contributed by atoms with Crippen molar-refractivity contribution < 1.29 is 14.1 Å². The summed E-state index contributed by atoms with van der Waals surface area (Å²) in [5, 5.41) is 13.6. The second kappa shape index (κ2) is 5.96. The van der Waals surface area contributed by atoms with E-state index in [2.05, 4.69) is 21.2 Å². The van der Waals surface area contributed by atoms with Gasteiger partial charge >= 0.3 is 0 Å². The number of primary amides is 1. The molecule has 0 heterocycles. The molecule has 0 saturated heterocycles. The number of nitrogens with zero attached hydrogens (tertiary/aromatic N) is 1. The Balaban J connectivity index is 3.22. The molecule has 19 heavy (non-hydrogen) atoms. The van der Waals surface area contributed by atoms with Crippen LogP contribution in [0.1, 0.15) is 13.8 Å². The molecule has 0 aliphatic heterocycles. The van der Waals surface area contributed by atoms with E-state index in [1.54, 1.807) is 13.8 Å². The predicted octanol–water partition coefficient (Wildman–Crippen LogP) is 2.42. The summed E-state index contributed by atoms with van der Waals surface area (Å²) in [4.78, 5) is 21.4. The van der Waals surface area contributed by atoms with Gasteiger partial charge in [-0.3, -0.25) is 14.9 Å². The Labute approximate surface area is 117 Å². The summed E-state index contributed by atoms with van der Waals surface area (Å²) in [6, 6.07) is 1.22.